The molecule has 33 heavy (non-hydrogen) atoms. The molecule has 2 N–H and O–H groups in total. The molecule has 3 aromatic carbocycles. The molecule has 2 heterocycles. The zero-order valence-corrected chi connectivity index (χ0v) is 18.1. The first-order valence-corrected chi connectivity index (χ1v) is 10.7. The van der Waals surface area contributed by atoms with Crippen LogP contribution in [0.4, 0.5) is 4.39 Å². The first-order chi connectivity index (χ1) is 16.1. The second kappa shape index (κ2) is 8.74. The minimum Gasteiger partial charge on any atom is -0.497 e. The monoisotopic (exact) mass is 439 g/mol. The molecule has 6 heteroatoms. The number of nitrogens with zero attached hydrogens (tertiary/aromatic N) is 1. The van der Waals surface area contributed by atoms with Gasteiger partial charge >= 0.3 is 0 Å². The number of aromatic amines is 1. The van der Waals surface area contributed by atoms with Crippen molar-refractivity contribution in [1.29, 1.82) is 0 Å². The van der Waals surface area contributed by atoms with Gasteiger partial charge in [0.2, 0.25) is 0 Å². The number of methoxy groups -OCH3 is 1. The van der Waals surface area contributed by atoms with E-state index in [0.717, 1.165) is 32.9 Å². The van der Waals surface area contributed by atoms with E-state index < -0.39 is 0 Å². The van der Waals surface area contributed by atoms with Gasteiger partial charge in [-0.3, -0.25) is 4.79 Å². The van der Waals surface area contributed by atoms with E-state index in [-0.39, 0.29) is 11.7 Å². The number of benzene rings is 3. The van der Waals surface area contributed by atoms with Crippen molar-refractivity contribution in [3.05, 3.63) is 95.9 Å². The highest BCUT2D eigenvalue weighted by Gasteiger charge is 2.17. The number of fused-ring (bicyclic) bond motifs is 3. The quantitative estimate of drug-likeness (QED) is 0.367. The number of H-pyrrole nitrogens is 1. The van der Waals surface area contributed by atoms with E-state index in [9.17, 15) is 9.18 Å². The van der Waals surface area contributed by atoms with Crippen LogP contribution < -0.4 is 10.1 Å². The largest absolute Gasteiger partial charge is 0.497 e. The minimum atomic E-state index is -0.274. The Balaban J connectivity index is 1.52. The Morgan fingerprint density at radius 1 is 1.00 bits per heavy atom. The third kappa shape index (κ3) is 4.15. The van der Waals surface area contributed by atoms with Crippen molar-refractivity contribution in [3.63, 3.8) is 0 Å². The minimum absolute atomic E-state index is 0.256. The van der Waals surface area contributed by atoms with E-state index in [1.54, 1.807) is 19.2 Å². The van der Waals surface area contributed by atoms with Crippen molar-refractivity contribution in [1.82, 2.24) is 15.3 Å². The molecule has 0 atom stereocenters. The van der Waals surface area contributed by atoms with Gasteiger partial charge in [0.05, 0.1) is 18.3 Å². The van der Waals surface area contributed by atoms with E-state index >= 15 is 0 Å². The number of ether oxygens (including phenoxy) is 1. The van der Waals surface area contributed by atoms with Gasteiger partial charge in [0, 0.05) is 28.4 Å². The third-order valence-corrected chi connectivity index (χ3v) is 5.68. The molecule has 164 valence electrons. The summed E-state index contributed by atoms with van der Waals surface area (Å²) in [5.41, 5.74) is 4.68. The molecule has 0 spiro atoms. The summed E-state index contributed by atoms with van der Waals surface area (Å²) in [6, 6.07) is 23.7. The fraction of sp³-hybridized carbons (Fsp3) is 0.111. The summed E-state index contributed by atoms with van der Waals surface area (Å²) >= 11 is 0. The fourth-order valence-electron chi connectivity index (χ4n) is 4.00. The van der Waals surface area contributed by atoms with Crippen molar-refractivity contribution in [3.8, 4) is 17.0 Å². The van der Waals surface area contributed by atoms with E-state index in [0.29, 0.717) is 30.1 Å². The smallest absolute Gasteiger partial charge is 0.269 e. The number of hydrogen-bond acceptors (Lipinski definition) is 3. The number of carbonyl (C=O) groups excluding carboxylic acids is 1. The molecule has 0 aliphatic rings. The molecule has 0 fully saturated rings. The Bertz CT molecular complexity index is 1460. The van der Waals surface area contributed by atoms with Gasteiger partial charge in [-0.05, 0) is 48.4 Å². The molecule has 0 aliphatic heterocycles. The van der Waals surface area contributed by atoms with Crippen LogP contribution in [0.2, 0.25) is 0 Å². The van der Waals surface area contributed by atoms with Crippen molar-refractivity contribution < 1.29 is 13.9 Å². The second-order valence-corrected chi connectivity index (χ2v) is 7.81. The molecular formula is C27H22FN3O2. The zero-order chi connectivity index (χ0) is 22.8. The maximum atomic E-state index is 13.1. The van der Waals surface area contributed by atoms with Gasteiger partial charge in [-0.1, -0.05) is 42.5 Å². The lowest BCUT2D eigenvalue weighted by Gasteiger charge is -2.10. The van der Waals surface area contributed by atoms with Crippen LogP contribution in [-0.2, 0) is 6.42 Å². The number of halogens is 1. The van der Waals surface area contributed by atoms with Gasteiger partial charge < -0.3 is 15.0 Å². The van der Waals surface area contributed by atoms with E-state index in [4.69, 9.17) is 9.72 Å². The van der Waals surface area contributed by atoms with Gasteiger partial charge in [0.1, 0.15) is 17.3 Å². The molecule has 0 bridgehead atoms. The van der Waals surface area contributed by atoms with Crippen LogP contribution >= 0.6 is 0 Å². The van der Waals surface area contributed by atoms with Crippen LogP contribution in [0, 0.1) is 5.82 Å². The van der Waals surface area contributed by atoms with Crippen LogP contribution in [0.15, 0.2) is 78.9 Å². The number of hydrogen-bond donors (Lipinski definition) is 2. The maximum absolute atomic E-state index is 13.1. The SMILES string of the molecule is COc1cccc(-c2nc(C(=O)NCCc3ccc(F)cc3)cc3c2[nH]c2ccccc23)c1. The summed E-state index contributed by atoms with van der Waals surface area (Å²) in [5.74, 6) is 0.185. The molecule has 0 saturated heterocycles. The molecule has 0 unspecified atom stereocenters. The van der Waals surface area contributed by atoms with Crippen LogP contribution in [-0.4, -0.2) is 29.5 Å². The average Bonchev–Trinajstić information content (AvgIpc) is 3.23. The van der Waals surface area contributed by atoms with Crippen LogP contribution in [0.5, 0.6) is 5.75 Å². The highest BCUT2D eigenvalue weighted by Crippen LogP contribution is 2.33. The summed E-state index contributed by atoms with van der Waals surface area (Å²) < 4.78 is 18.5. The highest BCUT2D eigenvalue weighted by atomic mass is 19.1. The summed E-state index contributed by atoms with van der Waals surface area (Å²) in [5, 5.41) is 4.90. The van der Waals surface area contributed by atoms with Crippen LogP contribution in [0.3, 0.4) is 0 Å². The lowest BCUT2D eigenvalue weighted by atomic mass is 10.1. The summed E-state index contributed by atoms with van der Waals surface area (Å²) in [6.07, 6.45) is 0.601. The number of nitrogens with one attached hydrogen (secondary N) is 2. The van der Waals surface area contributed by atoms with Gasteiger partial charge in [0.15, 0.2) is 0 Å². The number of para-hydroxylation sites is 1. The van der Waals surface area contributed by atoms with Crippen LogP contribution in [0.1, 0.15) is 16.1 Å². The molecule has 5 nitrogen and oxygen atoms in total. The topological polar surface area (TPSA) is 67.0 Å². The van der Waals surface area contributed by atoms with Gasteiger partial charge in [-0.25, -0.2) is 9.37 Å². The molecule has 0 saturated carbocycles. The third-order valence-electron chi connectivity index (χ3n) is 5.68. The van der Waals surface area contributed by atoms with Gasteiger partial charge in [0.25, 0.3) is 5.91 Å². The predicted molar refractivity (Wildman–Crippen MR) is 128 cm³/mol. The molecule has 5 rings (SSSR count). The van der Waals surface area contributed by atoms with Gasteiger partial charge in [-0.15, -0.1) is 0 Å². The van der Waals surface area contributed by atoms with Crippen molar-refractivity contribution in [2.75, 3.05) is 13.7 Å². The lowest BCUT2D eigenvalue weighted by molar-refractivity contribution is 0.0949. The molecule has 0 radical (unpaired) electrons. The number of rotatable bonds is 6. The molecule has 2 aromatic heterocycles. The first-order valence-electron chi connectivity index (χ1n) is 10.7. The normalized spacial score (nSPS) is 11.1. The Morgan fingerprint density at radius 2 is 1.82 bits per heavy atom. The Morgan fingerprint density at radius 3 is 2.64 bits per heavy atom. The zero-order valence-electron chi connectivity index (χ0n) is 18.1. The first kappa shape index (κ1) is 20.7. The van der Waals surface area contributed by atoms with Crippen molar-refractivity contribution in [2.45, 2.75) is 6.42 Å². The van der Waals surface area contributed by atoms with Crippen molar-refractivity contribution in [2.24, 2.45) is 0 Å². The fourth-order valence-corrected chi connectivity index (χ4v) is 4.00. The number of carbonyl (C=O) groups is 1. The standard InChI is InChI=1S/C27H22FN3O2/c1-33-20-6-4-5-18(15-20)25-26-22(21-7-2-3-8-23(21)30-26)16-24(31-25)27(32)29-14-13-17-9-11-19(28)12-10-17/h2-12,15-16,30H,13-14H2,1H3,(H,29,32). The van der Waals surface area contributed by atoms with Crippen molar-refractivity contribution >= 4 is 27.7 Å². The Labute approximate surface area is 190 Å². The van der Waals surface area contributed by atoms with Crippen LogP contribution in [0.25, 0.3) is 33.1 Å². The van der Waals surface area contributed by atoms with E-state index in [2.05, 4.69) is 10.3 Å². The molecule has 1 amide bonds. The summed E-state index contributed by atoms with van der Waals surface area (Å²) in [7, 11) is 1.62. The summed E-state index contributed by atoms with van der Waals surface area (Å²) in [4.78, 5) is 21.2. The predicted octanol–water partition coefficient (Wildman–Crippen LogP) is 5.50. The van der Waals surface area contributed by atoms with E-state index in [1.165, 1.54) is 12.1 Å². The Hall–Kier alpha value is -4.19. The second-order valence-electron chi connectivity index (χ2n) is 7.81. The maximum Gasteiger partial charge on any atom is 0.269 e. The number of pyridine rings is 1. The summed E-state index contributed by atoms with van der Waals surface area (Å²) in [6.45, 7) is 0.423. The lowest BCUT2D eigenvalue weighted by Crippen LogP contribution is -2.26. The Kier molecular flexibility index (Phi) is 5.48. The molecule has 0 aliphatic carbocycles. The van der Waals surface area contributed by atoms with E-state index in [1.807, 2.05) is 54.6 Å². The highest BCUT2D eigenvalue weighted by molar-refractivity contribution is 6.13. The number of aromatic nitrogens is 2. The number of amides is 1. The molecular weight excluding hydrogens is 417 g/mol. The molecule has 5 aromatic rings. The van der Waals surface area contributed by atoms with Gasteiger partial charge in [-0.2, -0.15) is 0 Å². The average molecular weight is 439 g/mol.